The van der Waals surface area contributed by atoms with Gasteiger partial charge in [0.25, 0.3) is 0 Å². The summed E-state index contributed by atoms with van der Waals surface area (Å²) in [6.07, 6.45) is 3.96. The van der Waals surface area contributed by atoms with E-state index in [0.29, 0.717) is 0 Å². The van der Waals surface area contributed by atoms with Crippen molar-refractivity contribution in [2.75, 3.05) is 0 Å². The van der Waals surface area contributed by atoms with Gasteiger partial charge in [-0.3, -0.25) is 0 Å². The second-order valence-electron chi connectivity index (χ2n) is 7.31. The number of benzene rings is 3. The molecule has 2 aromatic heterocycles. The molecule has 0 amide bonds. The Bertz CT molecular complexity index is 1350. The first-order valence-electron chi connectivity index (χ1n) is 9.76. The van der Waals surface area contributed by atoms with Crippen LogP contribution in [0.1, 0.15) is 11.3 Å². The highest BCUT2D eigenvalue weighted by Crippen LogP contribution is 2.40. The Kier molecular flexibility index (Phi) is 4.89. The van der Waals surface area contributed by atoms with Crippen LogP contribution in [0.2, 0.25) is 5.02 Å². The third-order valence-corrected chi connectivity index (χ3v) is 6.61. The van der Waals surface area contributed by atoms with Gasteiger partial charge in [-0.05, 0) is 50.2 Å². The molecule has 3 aromatic carbocycles. The molecule has 5 heteroatoms. The first kappa shape index (κ1) is 19.0. The van der Waals surface area contributed by atoms with Crippen molar-refractivity contribution in [2.24, 2.45) is 0 Å². The number of aromatic nitrogens is 3. The summed E-state index contributed by atoms with van der Waals surface area (Å²) in [6, 6.07) is 24.8. The van der Waals surface area contributed by atoms with Crippen LogP contribution in [0.25, 0.3) is 22.3 Å². The maximum atomic E-state index is 6.38. The highest BCUT2D eigenvalue weighted by molar-refractivity contribution is 7.99. The van der Waals surface area contributed by atoms with E-state index in [1.54, 1.807) is 11.8 Å². The van der Waals surface area contributed by atoms with E-state index in [9.17, 15) is 0 Å². The zero-order valence-electron chi connectivity index (χ0n) is 16.7. The van der Waals surface area contributed by atoms with Crippen LogP contribution in [0.15, 0.2) is 95.0 Å². The van der Waals surface area contributed by atoms with Crippen LogP contribution in [-0.4, -0.2) is 14.3 Å². The lowest BCUT2D eigenvalue weighted by atomic mass is 10.2. The summed E-state index contributed by atoms with van der Waals surface area (Å²) < 4.78 is 4.14. The number of fused-ring (bicyclic) bond motifs is 1. The molecule has 148 valence electrons. The molecule has 0 radical (unpaired) electrons. The number of halogens is 1. The zero-order chi connectivity index (χ0) is 20.7. The van der Waals surface area contributed by atoms with Crippen molar-refractivity contribution >= 4 is 34.3 Å². The van der Waals surface area contributed by atoms with Gasteiger partial charge in [0.1, 0.15) is 0 Å². The van der Waals surface area contributed by atoms with Crippen LogP contribution >= 0.6 is 23.4 Å². The Morgan fingerprint density at radius 3 is 2.50 bits per heavy atom. The minimum absolute atomic E-state index is 0.726. The van der Waals surface area contributed by atoms with E-state index >= 15 is 0 Å². The van der Waals surface area contributed by atoms with Gasteiger partial charge in [0.2, 0.25) is 0 Å². The lowest BCUT2D eigenvalue weighted by molar-refractivity contribution is 0.880. The van der Waals surface area contributed by atoms with Crippen molar-refractivity contribution in [3.8, 4) is 11.4 Å². The van der Waals surface area contributed by atoms with Crippen LogP contribution in [0.5, 0.6) is 0 Å². The molecule has 0 fully saturated rings. The van der Waals surface area contributed by atoms with E-state index in [4.69, 9.17) is 11.6 Å². The number of para-hydroxylation sites is 1. The number of hydrogen-bond acceptors (Lipinski definition) is 2. The van der Waals surface area contributed by atoms with Crippen molar-refractivity contribution in [1.82, 2.24) is 14.3 Å². The Hall–Kier alpha value is -2.95. The largest absolute Gasteiger partial charge is 0.310 e. The minimum atomic E-state index is 0.726. The zero-order valence-corrected chi connectivity index (χ0v) is 18.3. The van der Waals surface area contributed by atoms with Gasteiger partial charge >= 0.3 is 0 Å². The fourth-order valence-corrected chi connectivity index (χ4v) is 5.08. The standard InChI is InChI=1S/C25H20ClN3S/c1-17-7-6-10-22(13-17)30-25-18(2)29(24-14-19(26)11-12-23(24)25)21-15-27-28(16-21)20-8-4-3-5-9-20/h3-16H,1-2H3. The van der Waals surface area contributed by atoms with E-state index in [1.165, 1.54) is 26.4 Å². The lowest BCUT2D eigenvalue weighted by Crippen LogP contribution is -1.96. The summed E-state index contributed by atoms with van der Waals surface area (Å²) >= 11 is 8.17. The molecule has 5 aromatic rings. The molecule has 0 aliphatic carbocycles. The van der Waals surface area contributed by atoms with Gasteiger partial charge in [0, 0.05) is 25.9 Å². The number of aryl methyl sites for hydroxylation is 1. The molecule has 0 saturated heterocycles. The predicted octanol–water partition coefficient (Wildman–Crippen LogP) is 7.24. The summed E-state index contributed by atoms with van der Waals surface area (Å²) in [5, 5.41) is 6.51. The summed E-state index contributed by atoms with van der Waals surface area (Å²) in [4.78, 5) is 2.46. The quantitative estimate of drug-likeness (QED) is 0.300. The molecule has 0 atom stereocenters. The van der Waals surface area contributed by atoms with Crippen LogP contribution in [0, 0.1) is 13.8 Å². The average molecular weight is 430 g/mol. The van der Waals surface area contributed by atoms with Crippen molar-refractivity contribution in [2.45, 2.75) is 23.6 Å². The summed E-state index contributed by atoms with van der Waals surface area (Å²) in [6.45, 7) is 4.28. The number of nitrogens with zero attached hydrogens (tertiary/aromatic N) is 3. The minimum Gasteiger partial charge on any atom is -0.310 e. The second kappa shape index (κ2) is 7.71. The van der Waals surface area contributed by atoms with Gasteiger partial charge in [-0.25, -0.2) is 4.68 Å². The van der Waals surface area contributed by atoms with Crippen molar-refractivity contribution in [3.63, 3.8) is 0 Å². The third-order valence-electron chi connectivity index (χ3n) is 5.17. The van der Waals surface area contributed by atoms with Crippen LogP contribution in [0.4, 0.5) is 0 Å². The molecule has 0 bridgehead atoms. The van der Waals surface area contributed by atoms with Gasteiger partial charge in [-0.15, -0.1) is 0 Å². The van der Waals surface area contributed by atoms with Gasteiger partial charge in [0.15, 0.2) is 0 Å². The molecule has 0 N–H and O–H groups in total. The Balaban J connectivity index is 1.66. The van der Waals surface area contributed by atoms with Crippen LogP contribution in [-0.2, 0) is 0 Å². The Morgan fingerprint density at radius 2 is 1.70 bits per heavy atom. The molecule has 2 heterocycles. The summed E-state index contributed by atoms with van der Waals surface area (Å²) in [5.41, 5.74) is 5.56. The average Bonchev–Trinajstić information content (AvgIpc) is 3.32. The molecule has 0 spiro atoms. The SMILES string of the molecule is Cc1cccc(Sc2c(C)n(-c3cnn(-c4ccccc4)c3)c3cc(Cl)ccc23)c1. The molecule has 0 aliphatic heterocycles. The van der Waals surface area contributed by atoms with E-state index in [1.807, 2.05) is 53.3 Å². The molecule has 0 aliphatic rings. The third kappa shape index (κ3) is 3.42. The van der Waals surface area contributed by atoms with Crippen LogP contribution < -0.4 is 0 Å². The maximum absolute atomic E-state index is 6.38. The van der Waals surface area contributed by atoms with E-state index in [0.717, 1.165) is 21.9 Å². The number of hydrogen-bond donors (Lipinski definition) is 0. The first-order chi connectivity index (χ1) is 14.6. The second-order valence-corrected chi connectivity index (χ2v) is 8.83. The highest BCUT2D eigenvalue weighted by Gasteiger charge is 2.18. The summed E-state index contributed by atoms with van der Waals surface area (Å²) in [7, 11) is 0. The normalized spacial score (nSPS) is 11.3. The highest BCUT2D eigenvalue weighted by atomic mass is 35.5. The van der Waals surface area contributed by atoms with Crippen molar-refractivity contribution in [1.29, 1.82) is 0 Å². The molecule has 30 heavy (non-hydrogen) atoms. The Morgan fingerprint density at radius 1 is 0.867 bits per heavy atom. The molecule has 0 saturated carbocycles. The smallest absolute Gasteiger partial charge is 0.0845 e. The monoisotopic (exact) mass is 429 g/mol. The van der Waals surface area contributed by atoms with E-state index < -0.39 is 0 Å². The topological polar surface area (TPSA) is 22.8 Å². The summed E-state index contributed by atoms with van der Waals surface area (Å²) in [5.74, 6) is 0. The number of rotatable bonds is 4. The molecule has 3 nitrogen and oxygen atoms in total. The van der Waals surface area contributed by atoms with Gasteiger partial charge in [0.05, 0.1) is 29.3 Å². The molecular formula is C25H20ClN3S. The predicted molar refractivity (Wildman–Crippen MR) is 125 cm³/mol. The maximum Gasteiger partial charge on any atom is 0.0845 e. The van der Waals surface area contributed by atoms with Crippen molar-refractivity contribution < 1.29 is 0 Å². The first-order valence-corrected chi connectivity index (χ1v) is 10.9. The molecular weight excluding hydrogens is 410 g/mol. The van der Waals surface area contributed by atoms with Crippen molar-refractivity contribution in [3.05, 3.63) is 101 Å². The Labute approximate surface area is 184 Å². The van der Waals surface area contributed by atoms with Crippen LogP contribution in [0.3, 0.4) is 0 Å². The fourth-order valence-electron chi connectivity index (χ4n) is 3.77. The molecule has 5 rings (SSSR count). The molecule has 0 unspecified atom stereocenters. The van der Waals surface area contributed by atoms with E-state index in [2.05, 4.69) is 60.0 Å². The van der Waals surface area contributed by atoms with Gasteiger partial charge in [-0.1, -0.05) is 65.3 Å². The van der Waals surface area contributed by atoms with E-state index in [-0.39, 0.29) is 0 Å². The van der Waals surface area contributed by atoms with Gasteiger partial charge in [-0.2, -0.15) is 5.10 Å². The van der Waals surface area contributed by atoms with Gasteiger partial charge < -0.3 is 4.57 Å². The fraction of sp³-hybridized carbons (Fsp3) is 0.0800. The lowest BCUT2D eigenvalue weighted by Gasteiger charge is -2.06.